The van der Waals surface area contributed by atoms with Crippen LogP contribution in [-0.2, 0) is 9.53 Å². The zero-order valence-electron chi connectivity index (χ0n) is 9.86. The van der Waals surface area contributed by atoms with E-state index in [-0.39, 0.29) is 29.0 Å². The van der Waals surface area contributed by atoms with Crippen LogP contribution in [0, 0.1) is 5.92 Å². The molecule has 92 valence electrons. The first kappa shape index (κ1) is 13.4. The maximum absolute atomic E-state index is 11.9. The monoisotopic (exact) mass is 244 g/mol. The van der Waals surface area contributed by atoms with Crippen LogP contribution in [0.1, 0.15) is 33.1 Å². The van der Waals surface area contributed by atoms with Crippen LogP contribution in [0.5, 0.6) is 0 Å². The summed E-state index contributed by atoms with van der Waals surface area (Å²) < 4.78 is 5.42. The van der Waals surface area contributed by atoms with Gasteiger partial charge in [-0.15, -0.1) is 0 Å². The molecule has 3 N–H and O–H groups in total. The summed E-state index contributed by atoms with van der Waals surface area (Å²) in [5.41, 5.74) is 5.53. The third-order valence-electron chi connectivity index (χ3n) is 2.90. The van der Waals surface area contributed by atoms with E-state index in [1.54, 1.807) is 0 Å². The van der Waals surface area contributed by atoms with E-state index in [9.17, 15) is 4.79 Å². The molecule has 0 aromatic heterocycles. The fourth-order valence-corrected chi connectivity index (χ4v) is 2.22. The first-order chi connectivity index (χ1) is 7.54. The largest absolute Gasteiger partial charge is 0.393 e. The number of thiocarbonyl (C=S) groups is 1. The highest BCUT2D eigenvalue weighted by molar-refractivity contribution is 7.80. The van der Waals surface area contributed by atoms with E-state index in [0.29, 0.717) is 13.0 Å². The second kappa shape index (κ2) is 6.15. The molecule has 0 aromatic rings. The van der Waals surface area contributed by atoms with Crippen molar-refractivity contribution in [2.45, 2.75) is 45.3 Å². The number of nitrogens with two attached hydrogens (primary N) is 1. The van der Waals surface area contributed by atoms with Crippen LogP contribution in [0.3, 0.4) is 0 Å². The van der Waals surface area contributed by atoms with Gasteiger partial charge in [0.2, 0.25) is 5.91 Å². The summed E-state index contributed by atoms with van der Waals surface area (Å²) in [5.74, 6) is -0.387. The van der Waals surface area contributed by atoms with Gasteiger partial charge in [-0.1, -0.05) is 19.1 Å². The molecule has 0 spiro atoms. The van der Waals surface area contributed by atoms with Crippen LogP contribution in [-0.4, -0.2) is 29.6 Å². The van der Waals surface area contributed by atoms with Crippen molar-refractivity contribution in [3.8, 4) is 0 Å². The number of ether oxygens (including phenoxy) is 1. The quantitative estimate of drug-likeness (QED) is 0.724. The Morgan fingerprint density at radius 2 is 2.38 bits per heavy atom. The highest BCUT2D eigenvalue weighted by atomic mass is 32.1. The molecule has 0 saturated carbocycles. The van der Waals surface area contributed by atoms with Crippen LogP contribution < -0.4 is 11.1 Å². The summed E-state index contributed by atoms with van der Waals surface area (Å²) in [4.78, 5) is 12.1. The highest BCUT2D eigenvalue weighted by Crippen LogP contribution is 2.14. The molecular weight excluding hydrogens is 224 g/mol. The molecule has 1 heterocycles. The summed E-state index contributed by atoms with van der Waals surface area (Å²) in [6.07, 6.45) is 2.59. The molecule has 0 radical (unpaired) electrons. The Balaban J connectivity index is 2.46. The van der Waals surface area contributed by atoms with Gasteiger partial charge in [0.25, 0.3) is 0 Å². The van der Waals surface area contributed by atoms with Crippen LogP contribution in [0.25, 0.3) is 0 Å². The lowest BCUT2D eigenvalue weighted by atomic mass is 10.0. The molecule has 16 heavy (non-hydrogen) atoms. The van der Waals surface area contributed by atoms with E-state index in [4.69, 9.17) is 22.7 Å². The van der Waals surface area contributed by atoms with Crippen molar-refractivity contribution in [3.05, 3.63) is 0 Å². The standard InChI is InChI=1S/C11H20N2O2S/c1-3-9(10(12)16)11(14)13-8-4-5-15-7(2)6-8/h7-9H,3-6H2,1-2H3,(H2,12,16)(H,13,14). The Morgan fingerprint density at radius 3 is 2.88 bits per heavy atom. The normalized spacial score (nSPS) is 27.1. The molecule has 3 unspecified atom stereocenters. The third kappa shape index (κ3) is 3.72. The average Bonchev–Trinajstić information content (AvgIpc) is 2.17. The molecule has 3 atom stereocenters. The van der Waals surface area contributed by atoms with Gasteiger partial charge in [0, 0.05) is 12.6 Å². The number of carbonyl (C=O) groups is 1. The predicted molar refractivity (Wildman–Crippen MR) is 67.1 cm³/mol. The SMILES string of the molecule is CCC(C(=O)NC1CCOC(C)C1)C(N)=S. The van der Waals surface area contributed by atoms with Gasteiger partial charge >= 0.3 is 0 Å². The zero-order chi connectivity index (χ0) is 12.1. The fourth-order valence-electron chi connectivity index (χ4n) is 1.95. The molecular formula is C11H20N2O2S. The van der Waals surface area contributed by atoms with Crippen molar-refractivity contribution in [3.63, 3.8) is 0 Å². The van der Waals surface area contributed by atoms with E-state index in [0.717, 1.165) is 12.8 Å². The molecule has 1 fully saturated rings. The van der Waals surface area contributed by atoms with E-state index < -0.39 is 0 Å². The van der Waals surface area contributed by atoms with Gasteiger partial charge in [-0.05, 0) is 26.2 Å². The van der Waals surface area contributed by atoms with Crippen molar-refractivity contribution in [2.24, 2.45) is 11.7 Å². The number of hydrogen-bond acceptors (Lipinski definition) is 3. The van der Waals surface area contributed by atoms with Gasteiger partial charge in [0.05, 0.1) is 17.0 Å². The molecule has 1 aliphatic rings. The molecule has 0 bridgehead atoms. The number of amides is 1. The van der Waals surface area contributed by atoms with Crippen molar-refractivity contribution in [1.82, 2.24) is 5.32 Å². The van der Waals surface area contributed by atoms with Gasteiger partial charge in [-0.3, -0.25) is 4.79 Å². The molecule has 0 aliphatic carbocycles. The third-order valence-corrected chi connectivity index (χ3v) is 3.18. The van der Waals surface area contributed by atoms with E-state index in [1.165, 1.54) is 0 Å². The van der Waals surface area contributed by atoms with Crippen LogP contribution in [0.15, 0.2) is 0 Å². The Labute approximate surface area is 102 Å². The number of carbonyl (C=O) groups excluding carboxylic acids is 1. The molecule has 4 nitrogen and oxygen atoms in total. The van der Waals surface area contributed by atoms with Crippen molar-refractivity contribution in [2.75, 3.05) is 6.61 Å². The molecule has 1 amide bonds. The second-order valence-corrected chi connectivity index (χ2v) is 4.75. The number of hydrogen-bond donors (Lipinski definition) is 2. The van der Waals surface area contributed by atoms with Gasteiger partial charge in [0.15, 0.2) is 0 Å². The number of nitrogens with one attached hydrogen (secondary N) is 1. The Kier molecular flexibility index (Phi) is 5.15. The summed E-state index contributed by atoms with van der Waals surface area (Å²) in [7, 11) is 0. The Morgan fingerprint density at radius 1 is 1.69 bits per heavy atom. The van der Waals surface area contributed by atoms with Gasteiger partial charge < -0.3 is 15.8 Å². The number of rotatable bonds is 4. The second-order valence-electron chi connectivity index (χ2n) is 4.27. The zero-order valence-corrected chi connectivity index (χ0v) is 10.7. The summed E-state index contributed by atoms with van der Waals surface area (Å²) in [6.45, 7) is 4.63. The molecule has 5 heteroatoms. The maximum atomic E-state index is 11.9. The van der Waals surface area contributed by atoms with E-state index in [2.05, 4.69) is 5.32 Å². The maximum Gasteiger partial charge on any atom is 0.230 e. The summed E-state index contributed by atoms with van der Waals surface area (Å²) in [6, 6.07) is 0.194. The summed E-state index contributed by atoms with van der Waals surface area (Å²) in [5, 5.41) is 3.00. The molecule has 1 rings (SSSR count). The lowest BCUT2D eigenvalue weighted by molar-refractivity contribution is -0.124. The Hall–Kier alpha value is -0.680. The van der Waals surface area contributed by atoms with Crippen LogP contribution in [0.2, 0.25) is 0 Å². The average molecular weight is 244 g/mol. The minimum Gasteiger partial charge on any atom is -0.393 e. The van der Waals surface area contributed by atoms with Crippen LogP contribution in [0.4, 0.5) is 0 Å². The predicted octanol–water partition coefficient (Wildman–Crippen LogP) is 0.982. The molecule has 1 aliphatic heterocycles. The Bertz CT molecular complexity index is 271. The smallest absolute Gasteiger partial charge is 0.230 e. The lowest BCUT2D eigenvalue weighted by Crippen LogP contribution is -2.46. The minimum atomic E-state index is -0.340. The molecule has 1 saturated heterocycles. The van der Waals surface area contributed by atoms with E-state index in [1.807, 2.05) is 13.8 Å². The first-order valence-electron chi connectivity index (χ1n) is 5.75. The highest BCUT2D eigenvalue weighted by Gasteiger charge is 2.25. The van der Waals surface area contributed by atoms with Gasteiger partial charge in [-0.25, -0.2) is 0 Å². The van der Waals surface area contributed by atoms with E-state index >= 15 is 0 Å². The minimum absolute atomic E-state index is 0.0471. The topological polar surface area (TPSA) is 64.3 Å². The lowest BCUT2D eigenvalue weighted by Gasteiger charge is -2.29. The van der Waals surface area contributed by atoms with Crippen molar-refractivity contribution >= 4 is 23.1 Å². The van der Waals surface area contributed by atoms with Crippen molar-refractivity contribution in [1.29, 1.82) is 0 Å². The molecule has 0 aromatic carbocycles. The first-order valence-corrected chi connectivity index (χ1v) is 6.16. The van der Waals surface area contributed by atoms with Crippen molar-refractivity contribution < 1.29 is 9.53 Å². The fraction of sp³-hybridized carbons (Fsp3) is 0.818. The van der Waals surface area contributed by atoms with Gasteiger partial charge in [-0.2, -0.15) is 0 Å². The van der Waals surface area contributed by atoms with Crippen LogP contribution >= 0.6 is 12.2 Å². The van der Waals surface area contributed by atoms with Gasteiger partial charge in [0.1, 0.15) is 0 Å². The summed E-state index contributed by atoms with van der Waals surface area (Å²) >= 11 is 4.88.